The lowest BCUT2D eigenvalue weighted by Crippen LogP contribution is -2.15. The Balaban J connectivity index is 1.96. The molecule has 0 radical (unpaired) electrons. The highest BCUT2D eigenvalue weighted by atomic mass is 32.1. The van der Waals surface area contributed by atoms with E-state index in [9.17, 15) is 0 Å². The van der Waals surface area contributed by atoms with Crippen LogP contribution in [0, 0.1) is 20.8 Å². The van der Waals surface area contributed by atoms with Crippen LogP contribution in [-0.4, -0.2) is 18.2 Å². The van der Waals surface area contributed by atoms with Crippen molar-refractivity contribution in [3.05, 3.63) is 58.7 Å². The van der Waals surface area contributed by atoms with Gasteiger partial charge in [0.2, 0.25) is 0 Å². The summed E-state index contributed by atoms with van der Waals surface area (Å²) in [5.74, 6) is 1.63. The predicted octanol–water partition coefficient (Wildman–Crippen LogP) is 3.70. The molecule has 2 aromatic rings. The van der Waals surface area contributed by atoms with E-state index >= 15 is 0 Å². The second-order valence-electron chi connectivity index (χ2n) is 5.21. The van der Waals surface area contributed by atoms with Gasteiger partial charge in [0, 0.05) is 0 Å². The second kappa shape index (κ2) is 7.27. The molecule has 0 aliphatic carbocycles. The molecule has 0 saturated carbocycles. The molecule has 0 aliphatic heterocycles. The molecule has 0 spiro atoms. The Morgan fingerprint density at radius 3 is 2.32 bits per heavy atom. The molecule has 4 heteroatoms. The minimum absolute atomic E-state index is 0.335. The van der Waals surface area contributed by atoms with E-state index in [0.29, 0.717) is 24.0 Å². The van der Waals surface area contributed by atoms with Crippen LogP contribution >= 0.6 is 12.2 Å². The van der Waals surface area contributed by atoms with Crippen molar-refractivity contribution in [2.75, 3.05) is 13.2 Å². The number of hydrogen-bond donors (Lipinski definition) is 1. The van der Waals surface area contributed by atoms with Gasteiger partial charge in [-0.05, 0) is 49.6 Å². The molecule has 0 heterocycles. The molecule has 2 aromatic carbocycles. The molecule has 0 bridgehead atoms. The highest BCUT2D eigenvalue weighted by Crippen LogP contribution is 2.25. The first-order valence-electron chi connectivity index (χ1n) is 7.22. The van der Waals surface area contributed by atoms with Crippen molar-refractivity contribution in [2.45, 2.75) is 20.8 Å². The molecular weight excluding hydrogens is 294 g/mol. The maximum atomic E-state index is 5.88. The van der Waals surface area contributed by atoms with Gasteiger partial charge in [-0.3, -0.25) is 0 Å². The van der Waals surface area contributed by atoms with Gasteiger partial charge in [0.15, 0.2) is 0 Å². The normalized spacial score (nSPS) is 10.3. The number of para-hydroxylation sites is 1. The van der Waals surface area contributed by atoms with Crippen LogP contribution in [0.4, 0.5) is 0 Å². The van der Waals surface area contributed by atoms with E-state index in [1.165, 1.54) is 11.1 Å². The van der Waals surface area contributed by atoms with Crippen molar-refractivity contribution in [1.29, 1.82) is 0 Å². The van der Waals surface area contributed by atoms with Crippen molar-refractivity contribution < 1.29 is 9.47 Å². The molecule has 0 fully saturated rings. The Morgan fingerprint density at radius 2 is 1.59 bits per heavy atom. The molecule has 116 valence electrons. The zero-order valence-electron chi connectivity index (χ0n) is 13.2. The zero-order chi connectivity index (χ0) is 16.1. The topological polar surface area (TPSA) is 44.5 Å². The molecule has 0 saturated heterocycles. The van der Waals surface area contributed by atoms with Gasteiger partial charge < -0.3 is 15.2 Å². The monoisotopic (exact) mass is 315 g/mol. The SMILES string of the molecule is Cc1ccc(C)c(OCCOc2ccccc2C(N)=S)c1C. The number of thiocarbonyl (C=S) groups is 1. The van der Waals surface area contributed by atoms with Gasteiger partial charge in [-0.2, -0.15) is 0 Å². The van der Waals surface area contributed by atoms with E-state index in [2.05, 4.69) is 26.0 Å². The van der Waals surface area contributed by atoms with Crippen LogP contribution < -0.4 is 15.2 Å². The molecule has 0 aliphatic rings. The summed E-state index contributed by atoms with van der Waals surface area (Å²) in [5.41, 5.74) is 9.96. The van der Waals surface area contributed by atoms with Gasteiger partial charge in [-0.25, -0.2) is 0 Å². The maximum Gasteiger partial charge on any atom is 0.129 e. The summed E-state index contributed by atoms with van der Waals surface area (Å²) < 4.78 is 11.6. The number of ether oxygens (including phenoxy) is 2. The van der Waals surface area contributed by atoms with E-state index < -0.39 is 0 Å². The summed E-state index contributed by atoms with van der Waals surface area (Å²) in [5, 5.41) is 0. The Morgan fingerprint density at radius 1 is 0.955 bits per heavy atom. The van der Waals surface area contributed by atoms with E-state index in [1.807, 2.05) is 31.2 Å². The number of hydrogen-bond acceptors (Lipinski definition) is 3. The largest absolute Gasteiger partial charge is 0.489 e. The van der Waals surface area contributed by atoms with Gasteiger partial charge >= 0.3 is 0 Å². The Kier molecular flexibility index (Phi) is 5.39. The number of nitrogens with two attached hydrogens (primary N) is 1. The molecular formula is C18H21NO2S. The zero-order valence-corrected chi connectivity index (χ0v) is 14.0. The van der Waals surface area contributed by atoms with E-state index in [1.54, 1.807) is 0 Å². The van der Waals surface area contributed by atoms with Gasteiger partial charge in [-0.1, -0.05) is 36.5 Å². The van der Waals surface area contributed by atoms with E-state index in [-0.39, 0.29) is 0 Å². The molecule has 0 amide bonds. The summed E-state index contributed by atoms with van der Waals surface area (Å²) in [7, 11) is 0. The van der Waals surface area contributed by atoms with Crippen LogP contribution in [0.1, 0.15) is 22.3 Å². The molecule has 2 N–H and O–H groups in total. The first-order valence-corrected chi connectivity index (χ1v) is 7.62. The number of rotatable bonds is 6. The third-order valence-corrected chi connectivity index (χ3v) is 3.83. The van der Waals surface area contributed by atoms with E-state index in [4.69, 9.17) is 27.4 Å². The molecule has 0 aromatic heterocycles. The standard InChI is InChI=1S/C18H21NO2S/c1-12-8-9-13(2)17(14(12)3)21-11-10-20-16-7-5-4-6-15(16)18(19)22/h4-9H,10-11H2,1-3H3,(H2,19,22). The Hall–Kier alpha value is -2.07. The van der Waals surface area contributed by atoms with Gasteiger partial charge in [-0.15, -0.1) is 0 Å². The second-order valence-corrected chi connectivity index (χ2v) is 5.65. The average Bonchev–Trinajstić information content (AvgIpc) is 2.50. The van der Waals surface area contributed by atoms with Crippen LogP contribution in [0.5, 0.6) is 11.5 Å². The highest BCUT2D eigenvalue weighted by Gasteiger charge is 2.08. The highest BCUT2D eigenvalue weighted by molar-refractivity contribution is 7.80. The summed E-state index contributed by atoms with van der Waals surface area (Å²) in [6, 6.07) is 11.7. The first-order chi connectivity index (χ1) is 10.5. The lowest BCUT2D eigenvalue weighted by Gasteiger charge is -2.15. The first kappa shape index (κ1) is 16.3. The van der Waals surface area contributed by atoms with Crippen molar-refractivity contribution in [3.8, 4) is 11.5 Å². The lowest BCUT2D eigenvalue weighted by molar-refractivity contribution is 0.215. The summed E-state index contributed by atoms with van der Waals surface area (Å²) in [6.45, 7) is 7.10. The van der Waals surface area contributed by atoms with Gasteiger partial charge in [0.1, 0.15) is 29.7 Å². The molecule has 0 atom stereocenters. The summed E-state index contributed by atoms with van der Waals surface area (Å²) in [4.78, 5) is 0.335. The summed E-state index contributed by atoms with van der Waals surface area (Å²) >= 11 is 5.02. The average molecular weight is 315 g/mol. The fourth-order valence-corrected chi connectivity index (χ4v) is 2.41. The van der Waals surface area contributed by atoms with Crippen LogP contribution in [0.3, 0.4) is 0 Å². The minimum atomic E-state index is 0.335. The smallest absolute Gasteiger partial charge is 0.129 e. The van der Waals surface area contributed by atoms with Gasteiger partial charge in [0.05, 0.1) is 5.56 Å². The van der Waals surface area contributed by atoms with E-state index in [0.717, 1.165) is 16.9 Å². The van der Waals surface area contributed by atoms with Crippen LogP contribution in [0.15, 0.2) is 36.4 Å². The fraction of sp³-hybridized carbons (Fsp3) is 0.278. The maximum absolute atomic E-state index is 5.88. The quantitative estimate of drug-likeness (QED) is 0.652. The van der Waals surface area contributed by atoms with Crippen LogP contribution in [-0.2, 0) is 0 Å². The number of aryl methyl sites for hydroxylation is 2. The Bertz CT molecular complexity index is 683. The molecule has 2 rings (SSSR count). The summed E-state index contributed by atoms with van der Waals surface area (Å²) in [6.07, 6.45) is 0. The van der Waals surface area contributed by atoms with Gasteiger partial charge in [0.25, 0.3) is 0 Å². The van der Waals surface area contributed by atoms with Crippen molar-refractivity contribution in [1.82, 2.24) is 0 Å². The lowest BCUT2D eigenvalue weighted by atomic mass is 10.1. The third-order valence-electron chi connectivity index (χ3n) is 3.61. The van der Waals surface area contributed by atoms with Crippen molar-refractivity contribution in [3.63, 3.8) is 0 Å². The molecule has 22 heavy (non-hydrogen) atoms. The molecule has 0 unspecified atom stereocenters. The van der Waals surface area contributed by atoms with Crippen molar-refractivity contribution >= 4 is 17.2 Å². The fourth-order valence-electron chi connectivity index (χ4n) is 2.24. The number of benzene rings is 2. The third kappa shape index (κ3) is 3.77. The van der Waals surface area contributed by atoms with Crippen LogP contribution in [0.25, 0.3) is 0 Å². The Labute approximate surface area is 137 Å². The van der Waals surface area contributed by atoms with Crippen LogP contribution in [0.2, 0.25) is 0 Å². The predicted molar refractivity (Wildman–Crippen MR) is 94.0 cm³/mol. The van der Waals surface area contributed by atoms with Crippen molar-refractivity contribution in [2.24, 2.45) is 5.73 Å². The minimum Gasteiger partial charge on any atom is -0.489 e. The molecule has 3 nitrogen and oxygen atoms in total.